The number of aromatic nitrogens is 1. The molecule has 0 bridgehead atoms. The van der Waals surface area contributed by atoms with Gasteiger partial charge in [-0.1, -0.05) is 18.2 Å². The number of carbonyl (C=O) groups is 11. The zero-order valence-corrected chi connectivity index (χ0v) is 46.4. The van der Waals surface area contributed by atoms with Crippen molar-refractivity contribution in [2.75, 3.05) is 50.3 Å². The molecule has 79 heavy (non-hydrogen) atoms. The number of benzene rings is 1. The van der Waals surface area contributed by atoms with Gasteiger partial charge in [-0.15, -0.1) is 0 Å². The normalized spacial score (nSPS) is 20.2. The molecular weight excluding hydrogens is 1070 g/mol. The van der Waals surface area contributed by atoms with E-state index in [1.165, 1.54) is 47.2 Å². The Hall–Kier alpha value is -6.49. The van der Waals surface area contributed by atoms with Crippen molar-refractivity contribution in [1.82, 2.24) is 51.6 Å². The van der Waals surface area contributed by atoms with Gasteiger partial charge in [0.2, 0.25) is 53.2 Å². The van der Waals surface area contributed by atoms with Crippen LogP contribution in [0.1, 0.15) is 83.6 Å². The number of aliphatic carboxylic acids is 2. The van der Waals surface area contributed by atoms with Crippen LogP contribution in [0.3, 0.4) is 0 Å². The molecule has 436 valence electrons. The number of carbonyl (C=O) groups excluding carboxylic acids is 9. The number of hydrogen-bond donors (Lipinski definition) is 12. The first-order valence-electron chi connectivity index (χ1n) is 26.4. The van der Waals surface area contributed by atoms with Crippen LogP contribution >= 0.6 is 23.5 Å². The Balaban J connectivity index is 1.21. The number of nitrogens with zero attached hydrogens (tertiary/aromatic N) is 3. The van der Waals surface area contributed by atoms with Crippen LogP contribution in [0, 0.1) is 0 Å². The third-order valence-electron chi connectivity index (χ3n) is 14.3. The lowest BCUT2D eigenvalue weighted by Crippen LogP contribution is -2.62. The molecule has 1 aromatic heterocycles. The Morgan fingerprint density at radius 3 is 1.63 bits per heavy atom. The van der Waals surface area contributed by atoms with Gasteiger partial charge in [0.05, 0.1) is 18.8 Å². The predicted octanol–water partition coefficient (Wildman–Crippen LogP) is -2.23. The molecule has 3 aliphatic heterocycles. The van der Waals surface area contributed by atoms with E-state index in [1.54, 1.807) is 18.7 Å². The number of carboxylic acid groups (broad SMARTS) is 2. The third-order valence-corrected chi connectivity index (χ3v) is 15.6. The van der Waals surface area contributed by atoms with E-state index in [2.05, 4.69) is 36.9 Å². The molecule has 26 nitrogen and oxygen atoms in total. The fraction of sp³-hybridized carbons (Fsp3) is 0.627. The van der Waals surface area contributed by atoms with E-state index in [0.717, 1.165) is 21.4 Å². The SMILES string of the molecule is CSCC[C@H](NC(=O)[C@@H]1CCCN1C(=O)[C@H](CCSC)NC(=O)[C@@H]1CCCN1C(=O)[C@H](CCC(=O)O)NC(=O)[C@@H]1CCCN1C(=O)[C@@H](NC(=O)[C@H](CO)NC(=O)[C@H](C)NC(=O)[C@@H](N)Cc1c[nH]c2ccccc12)[C@@H](C)O)C(=O)O. The van der Waals surface area contributed by atoms with Gasteiger partial charge in [0.1, 0.15) is 54.4 Å². The van der Waals surface area contributed by atoms with Gasteiger partial charge in [0.15, 0.2) is 0 Å². The van der Waals surface area contributed by atoms with Crippen molar-refractivity contribution in [2.24, 2.45) is 5.73 Å². The van der Waals surface area contributed by atoms with Crippen LogP contribution in [0.4, 0.5) is 0 Å². The zero-order chi connectivity index (χ0) is 58.1. The first-order valence-corrected chi connectivity index (χ1v) is 29.2. The first kappa shape index (κ1) is 63.3. The van der Waals surface area contributed by atoms with E-state index >= 15 is 0 Å². The van der Waals surface area contributed by atoms with Crippen LogP contribution in [0.25, 0.3) is 10.9 Å². The monoisotopic (exact) mass is 1150 g/mol. The number of H-pyrrole nitrogens is 1. The molecule has 3 fully saturated rings. The summed E-state index contributed by atoms with van der Waals surface area (Å²) in [5.41, 5.74) is 7.80. The minimum atomic E-state index is -1.72. The number of thioether (sulfide) groups is 2. The van der Waals surface area contributed by atoms with Crippen LogP contribution < -0.4 is 37.6 Å². The van der Waals surface area contributed by atoms with Crippen molar-refractivity contribution in [1.29, 1.82) is 0 Å². The van der Waals surface area contributed by atoms with Gasteiger partial charge in [0, 0.05) is 43.2 Å². The molecule has 0 radical (unpaired) electrons. The number of aliphatic hydroxyl groups excluding tert-OH is 2. The Bertz CT molecular complexity index is 2530. The molecule has 28 heteroatoms. The number of amides is 9. The number of nitrogens with one attached hydrogen (secondary N) is 7. The summed E-state index contributed by atoms with van der Waals surface area (Å²) < 4.78 is 0. The number of para-hydroxylation sites is 1. The van der Waals surface area contributed by atoms with Crippen molar-refractivity contribution in [3.8, 4) is 0 Å². The van der Waals surface area contributed by atoms with Crippen molar-refractivity contribution < 1.29 is 73.2 Å². The van der Waals surface area contributed by atoms with E-state index in [-0.39, 0.29) is 64.6 Å². The lowest BCUT2D eigenvalue weighted by Gasteiger charge is -2.33. The fourth-order valence-corrected chi connectivity index (χ4v) is 10.9. The summed E-state index contributed by atoms with van der Waals surface area (Å²) in [5.74, 6) is -8.72. The second-order valence-electron chi connectivity index (χ2n) is 20.0. The van der Waals surface area contributed by atoms with E-state index in [9.17, 15) is 73.2 Å². The topological polar surface area (TPSA) is 392 Å². The Morgan fingerprint density at radius 2 is 1.14 bits per heavy atom. The first-order chi connectivity index (χ1) is 37.6. The van der Waals surface area contributed by atoms with E-state index in [4.69, 9.17) is 5.73 Å². The van der Waals surface area contributed by atoms with Crippen LogP contribution in [0.15, 0.2) is 30.5 Å². The average Bonchev–Trinajstić information content (AvgIpc) is 4.38. The number of nitrogens with two attached hydrogens (primary N) is 1. The Morgan fingerprint density at radius 1 is 0.646 bits per heavy atom. The molecular formula is C51H75N11O15S2. The smallest absolute Gasteiger partial charge is 0.326 e. The highest BCUT2D eigenvalue weighted by atomic mass is 32.2. The molecule has 0 aliphatic carbocycles. The van der Waals surface area contributed by atoms with E-state index in [0.29, 0.717) is 24.3 Å². The van der Waals surface area contributed by atoms with Crippen LogP contribution in [0.5, 0.6) is 0 Å². The van der Waals surface area contributed by atoms with Crippen LogP contribution in [0.2, 0.25) is 0 Å². The highest BCUT2D eigenvalue weighted by Gasteiger charge is 2.45. The zero-order valence-electron chi connectivity index (χ0n) is 44.8. The molecule has 5 rings (SSSR count). The van der Waals surface area contributed by atoms with Crippen LogP contribution in [-0.2, 0) is 59.2 Å². The predicted molar refractivity (Wildman–Crippen MR) is 291 cm³/mol. The molecule has 2 aromatic rings. The second-order valence-corrected chi connectivity index (χ2v) is 21.9. The van der Waals surface area contributed by atoms with Gasteiger partial charge in [-0.25, -0.2) is 4.79 Å². The quantitative estimate of drug-likeness (QED) is 0.0410. The largest absolute Gasteiger partial charge is 0.481 e. The summed E-state index contributed by atoms with van der Waals surface area (Å²) in [7, 11) is 0. The highest BCUT2D eigenvalue weighted by molar-refractivity contribution is 7.98. The number of hydrogen-bond acceptors (Lipinski definition) is 16. The molecule has 0 spiro atoms. The van der Waals surface area contributed by atoms with E-state index in [1.807, 2.05) is 24.3 Å². The minimum Gasteiger partial charge on any atom is -0.481 e. The van der Waals surface area contributed by atoms with Gasteiger partial charge >= 0.3 is 11.9 Å². The summed E-state index contributed by atoms with van der Waals surface area (Å²) in [5, 5.41) is 56.2. The maximum absolute atomic E-state index is 14.4. The maximum atomic E-state index is 14.4. The number of carboxylic acids is 2. The molecule has 0 saturated carbocycles. The standard InChI is InChI=1S/C51H75N11O15S2/c1-27(54-43(68)31(52)24-29-25-53-32-11-6-5-10-30(29)32)42(67)58-36(26-63)44(69)59-41(28(2)64)50(75)62-21-9-14-39(62)46(71)55-33(15-16-40(65)66)48(73)60-19-7-12-37(60)45(70)56-34(17-22-78-3)49(74)61-20-8-13-38(61)47(72)57-35(51(76)77)18-23-79-4/h5-6,10-11,25,27-28,31,33-39,41,53,63-64H,7-9,12-24,26,52H2,1-4H3,(H,54,68)(H,55,71)(H,56,70)(H,57,72)(H,58,67)(H,59,69)(H,65,66)(H,76,77)/t27-,28+,31-,33-,34-,35-,36-,37-,38-,39-,41-/m0/s1. The van der Waals surface area contributed by atoms with Crippen molar-refractivity contribution in [3.63, 3.8) is 0 Å². The van der Waals surface area contributed by atoms with E-state index < -0.39 is 151 Å². The fourth-order valence-electron chi connectivity index (χ4n) is 9.95. The number of aliphatic hydroxyl groups is 2. The molecule has 0 unspecified atom stereocenters. The summed E-state index contributed by atoms with van der Waals surface area (Å²) in [6.07, 6.45) is 4.74. The molecule has 4 heterocycles. The van der Waals surface area contributed by atoms with Gasteiger partial charge in [-0.3, -0.25) is 47.9 Å². The summed E-state index contributed by atoms with van der Waals surface area (Å²) >= 11 is 2.83. The molecule has 9 amide bonds. The number of rotatable bonds is 29. The van der Waals surface area contributed by atoms with Crippen molar-refractivity contribution in [3.05, 3.63) is 36.0 Å². The maximum Gasteiger partial charge on any atom is 0.326 e. The summed E-state index contributed by atoms with van der Waals surface area (Å²) in [4.78, 5) is 155. The van der Waals surface area contributed by atoms with Gasteiger partial charge in [-0.05, 0) is 114 Å². The lowest BCUT2D eigenvalue weighted by molar-refractivity contribution is -0.147. The lowest BCUT2D eigenvalue weighted by atomic mass is 10.0. The van der Waals surface area contributed by atoms with Gasteiger partial charge in [0.25, 0.3) is 0 Å². The average molecular weight is 1150 g/mol. The molecule has 1 aromatic carbocycles. The number of likely N-dealkylation sites (tertiary alicyclic amines) is 3. The highest BCUT2D eigenvalue weighted by Crippen LogP contribution is 2.25. The summed E-state index contributed by atoms with van der Waals surface area (Å²) in [6.45, 7) is 1.73. The third kappa shape index (κ3) is 17.0. The van der Waals surface area contributed by atoms with Gasteiger partial charge in [-0.2, -0.15) is 23.5 Å². The molecule has 13 N–H and O–H groups in total. The molecule has 11 atom stereocenters. The van der Waals surface area contributed by atoms with Gasteiger partial charge < -0.3 is 77.7 Å². The minimum absolute atomic E-state index is 0.0305. The Labute approximate surface area is 465 Å². The number of fused-ring (bicyclic) bond motifs is 1. The molecule has 3 saturated heterocycles. The van der Waals surface area contributed by atoms with Crippen molar-refractivity contribution >= 4 is 99.5 Å². The second kappa shape index (κ2) is 30.2. The van der Waals surface area contributed by atoms with Crippen LogP contribution in [-0.4, -0.2) is 222 Å². The number of aromatic amines is 1. The summed E-state index contributed by atoms with van der Waals surface area (Å²) in [6, 6.07) is -5.50. The van der Waals surface area contributed by atoms with Crippen molar-refractivity contribution in [2.45, 2.75) is 151 Å². The Kier molecular flexibility index (Phi) is 24.2. The molecule has 3 aliphatic rings.